The maximum absolute atomic E-state index is 9.40. The molecule has 0 saturated carbocycles. The number of nitrogens with one attached hydrogen (secondary N) is 1. The fraction of sp³-hybridized carbons (Fsp3) is 1.00. The first-order valence-corrected chi connectivity index (χ1v) is 4.49. The van der Waals surface area contributed by atoms with Gasteiger partial charge in [0, 0.05) is 13.1 Å². The molecule has 0 aliphatic carbocycles. The summed E-state index contributed by atoms with van der Waals surface area (Å²) in [6, 6.07) is 0. The average Bonchev–Trinajstić information content (AvgIpc) is 2.29. The largest absolute Gasteiger partial charge is 0.389 e. The van der Waals surface area contributed by atoms with E-state index in [2.05, 4.69) is 26.1 Å². The van der Waals surface area contributed by atoms with Crippen molar-refractivity contribution < 1.29 is 9.84 Å². The van der Waals surface area contributed by atoms with Crippen LogP contribution in [0.4, 0.5) is 0 Å². The van der Waals surface area contributed by atoms with Gasteiger partial charge in [0.2, 0.25) is 0 Å². The predicted molar refractivity (Wildman–Crippen MR) is 48.1 cm³/mol. The van der Waals surface area contributed by atoms with Gasteiger partial charge < -0.3 is 15.2 Å². The van der Waals surface area contributed by atoms with Crippen molar-refractivity contribution in [2.24, 2.45) is 5.41 Å². The van der Waals surface area contributed by atoms with Crippen molar-refractivity contribution in [2.75, 3.05) is 19.7 Å². The molecule has 1 saturated heterocycles. The van der Waals surface area contributed by atoms with Crippen LogP contribution in [0.1, 0.15) is 20.8 Å². The van der Waals surface area contributed by atoms with Crippen LogP contribution in [0.15, 0.2) is 0 Å². The van der Waals surface area contributed by atoms with Crippen LogP contribution >= 0.6 is 0 Å². The smallest absolute Gasteiger partial charge is 0.0970 e. The molecule has 0 spiro atoms. The zero-order chi connectivity index (χ0) is 9.19. The molecule has 1 heterocycles. The molecule has 3 nitrogen and oxygen atoms in total. The summed E-state index contributed by atoms with van der Waals surface area (Å²) in [6.07, 6.45) is -0.337. The summed E-state index contributed by atoms with van der Waals surface area (Å²) >= 11 is 0. The first-order chi connectivity index (χ1) is 5.49. The lowest BCUT2D eigenvalue weighted by Gasteiger charge is -2.22. The zero-order valence-electron chi connectivity index (χ0n) is 8.13. The Hall–Kier alpha value is -0.120. The number of rotatable bonds is 2. The molecule has 72 valence electrons. The molecule has 0 aromatic carbocycles. The van der Waals surface area contributed by atoms with Gasteiger partial charge in [0.15, 0.2) is 0 Å². The summed E-state index contributed by atoms with van der Waals surface area (Å²) < 4.78 is 5.57. The third-order valence-corrected chi connectivity index (χ3v) is 1.86. The first kappa shape index (κ1) is 9.96. The Kier molecular flexibility index (Phi) is 3.09. The van der Waals surface area contributed by atoms with Crippen molar-refractivity contribution in [3.8, 4) is 0 Å². The Balaban J connectivity index is 2.23. The van der Waals surface area contributed by atoms with E-state index in [9.17, 15) is 5.11 Å². The van der Waals surface area contributed by atoms with Crippen molar-refractivity contribution >= 4 is 0 Å². The van der Waals surface area contributed by atoms with Gasteiger partial charge in [-0.1, -0.05) is 20.8 Å². The van der Waals surface area contributed by atoms with Gasteiger partial charge in [-0.2, -0.15) is 0 Å². The minimum Gasteiger partial charge on any atom is -0.389 e. The summed E-state index contributed by atoms with van der Waals surface area (Å²) in [5, 5.41) is 12.5. The Bertz CT molecular complexity index is 142. The third-order valence-electron chi connectivity index (χ3n) is 1.86. The summed E-state index contributed by atoms with van der Waals surface area (Å²) in [5.41, 5.74) is 0.183. The van der Waals surface area contributed by atoms with E-state index < -0.39 is 0 Å². The van der Waals surface area contributed by atoms with E-state index in [-0.39, 0.29) is 17.6 Å². The number of β-amino-alcohol motifs (C(OH)–C–C–N with tert-alkyl or cyclic N) is 1. The lowest BCUT2D eigenvalue weighted by atomic mass is 9.98. The molecule has 0 unspecified atom stereocenters. The summed E-state index contributed by atoms with van der Waals surface area (Å²) in [7, 11) is 0. The molecular formula is C9H19NO2. The maximum atomic E-state index is 9.40. The number of hydrogen-bond donors (Lipinski definition) is 2. The van der Waals surface area contributed by atoms with Crippen molar-refractivity contribution in [1.29, 1.82) is 0 Å². The number of aliphatic hydroxyl groups excluding tert-OH is 1. The van der Waals surface area contributed by atoms with Gasteiger partial charge in [-0.15, -0.1) is 0 Å². The van der Waals surface area contributed by atoms with Crippen LogP contribution in [0.3, 0.4) is 0 Å². The first-order valence-electron chi connectivity index (χ1n) is 4.49. The monoisotopic (exact) mass is 173 g/mol. The van der Waals surface area contributed by atoms with Gasteiger partial charge in [-0.25, -0.2) is 0 Å². The van der Waals surface area contributed by atoms with E-state index in [1.165, 1.54) is 0 Å². The number of ether oxygens (including phenoxy) is 1. The fourth-order valence-corrected chi connectivity index (χ4v) is 1.17. The Morgan fingerprint density at radius 2 is 2.08 bits per heavy atom. The Morgan fingerprint density at radius 3 is 2.50 bits per heavy atom. The summed E-state index contributed by atoms with van der Waals surface area (Å²) in [5.74, 6) is 0. The van der Waals surface area contributed by atoms with Crippen LogP contribution in [0.2, 0.25) is 0 Å². The molecule has 1 rings (SSSR count). The highest BCUT2D eigenvalue weighted by Gasteiger charge is 2.26. The van der Waals surface area contributed by atoms with E-state index in [1.54, 1.807) is 0 Å². The lowest BCUT2D eigenvalue weighted by Crippen LogP contribution is -2.30. The molecule has 1 aliphatic heterocycles. The number of aliphatic hydroxyl groups is 1. The second-order valence-electron chi connectivity index (χ2n) is 4.64. The van der Waals surface area contributed by atoms with Crippen molar-refractivity contribution in [3.63, 3.8) is 0 Å². The highest BCUT2D eigenvalue weighted by atomic mass is 16.5. The van der Waals surface area contributed by atoms with Crippen LogP contribution < -0.4 is 5.32 Å². The van der Waals surface area contributed by atoms with E-state index in [0.29, 0.717) is 13.2 Å². The lowest BCUT2D eigenvalue weighted by molar-refractivity contribution is -0.0352. The topological polar surface area (TPSA) is 41.5 Å². The molecule has 0 aromatic heterocycles. The van der Waals surface area contributed by atoms with E-state index in [4.69, 9.17) is 4.74 Å². The molecular weight excluding hydrogens is 154 g/mol. The minimum absolute atomic E-state index is 0.00998. The van der Waals surface area contributed by atoms with Crippen LogP contribution in [0.25, 0.3) is 0 Å². The Morgan fingerprint density at radius 1 is 1.42 bits per heavy atom. The molecule has 0 radical (unpaired) electrons. The molecule has 12 heavy (non-hydrogen) atoms. The minimum atomic E-state index is -0.327. The van der Waals surface area contributed by atoms with Crippen LogP contribution in [-0.4, -0.2) is 37.0 Å². The van der Waals surface area contributed by atoms with Crippen LogP contribution in [-0.2, 0) is 4.74 Å². The van der Waals surface area contributed by atoms with E-state index in [1.807, 2.05) is 0 Å². The Labute approximate surface area is 74.1 Å². The van der Waals surface area contributed by atoms with Gasteiger partial charge >= 0.3 is 0 Å². The van der Waals surface area contributed by atoms with E-state index >= 15 is 0 Å². The highest BCUT2D eigenvalue weighted by molar-refractivity contribution is 4.81. The van der Waals surface area contributed by atoms with Gasteiger partial charge in [0.25, 0.3) is 0 Å². The zero-order valence-corrected chi connectivity index (χ0v) is 8.13. The SMILES string of the molecule is CC(C)(C)CO[C@@H]1CNC[C@H]1O. The van der Waals surface area contributed by atoms with Crippen molar-refractivity contribution in [1.82, 2.24) is 5.32 Å². The standard InChI is InChI=1S/C9H19NO2/c1-9(2,3)6-12-8-5-10-4-7(8)11/h7-8,10-11H,4-6H2,1-3H3/t7-,8-/m1/s1. The quantitative estimate of drug-likeness (QED) is 0.634. The average molecular weight is 173 g/mol. The summed E-state index contributed by atoms with van der Waals surface area (Å²) in [4.78, 5) is 0. The van der Waals surface area contributed by atoms with Gasteiger partial charge in [-0.3, -0.25) is 0 Å². The number of hydrogen-bond acceptors (Lipinski definition) is 3. The van der Waals surface area contributed by atoms with Gasteiger partial charge in [0.05, 0.1) is 18.8 Å². The molecule has 0 amide bonds. The van der Waals surface area contributed by atoms with Crippen molar-refractivity contribution in [3.05, 3.63) is 0 Å². The van der Waals surface area contributed by atoms with Crippen molar-refractivity contribution in [2.45, 2.75) is 33.0 Å². The molecule has 2 atom stereocenters. The van der Waals surface area contributed by atoms with Gasteiger partial charge in [-0.05, 0) is 5.41 Å². The second-order valence-corrected chi connectivity index (χ2v) is 4.64. The molecule has 2 N–H and O–H groups in total. The highest BCUT2D eigenvalue weighted by Crippen LogP contribution is 2.16. The molecule has 0 aromatic rings. The molecule has 0 bridgehead atoms. The van der Waals surface area contributed by atoms with E-state index in [0.717, 1.165) is 6.54 Å². The summed E-state index contributed by atoms with van der Waals surface area (Å²) in [6.45, 7) is 8.52. The molecule has 3 heteroatoms. The second kappa shape index (κ2) is 3.73. The fourth-order valence-electron chi connectivity index (χ4n) is 1.17. The third kappa shape index (κ3) is 3.09. The van der Waals surface area contributed by atoms with Crippen LogP contribution in [0, 0.1) is 5.41 Å². The molecule has 1 aliphatic rings. The molecule has 1 fully saturated rings. The predicted octanol–water partition coefficient (Wildman–Crippen LogP) is 0.382. The normalized spacial score (nSPS) is 31.0. The maximum Gasteiger partial charge on any atom is 0.0970 e. The van der Waals surface area contributed by atoms with Gasteiger partial charge in [0.1, 0.15) is 0 Å². The van der Waals surface area contributed by atoms with Crippen LogP contribution in [0.5, 0.6) is 0 Å².